The minimum absolute atomic E-state index is 0.116. The zero-order valence-corrected chi connectivity index (χ0v) is 18.6. The van der Waals surface area contributed by atoms with Gasteiger partial charge in [0.05, 0.1) is 23.9 Å². The van der Waals surface area contributed by atoms with Gasteiger partial charge in [0.1, 0.15) is 0 Å². The highest BCUT2D eigenvalue weighted by Crippen LogP contribution is 2.20. The fourth-order valence-electron chi connectivity index (χ4n) is 4.27. The molecule has 1 aromatic carbocycles. The molecule has 0 unspecified atom stereocenters. The second-order valence-electron chi connectivity index (χ2n) is 8.28. The van der Waals surface area contributed by atoms with Crippen LogP contribution in [-0.2, 0) is 29.2 Å². The smallest absolute Gasteiger partial charge is 0.223 e. The molecule has 6 nitrogen and oxygen atoms in total. The van der Waals surface area contributed by atoms with Crippen molar-refractivity contribution in [2.75, 3.05) is 39.4 Å². The first-order valence-electron chi connectivity index (χ1n) is 11.0. The van der Waals surface area contributed by atoms with Crippen molar-refractivity contribution < 1.29 is 9.53 Å². The zero-order valence-electron chi connectivity index (χ0n) is 17.8. The summed E-state index contributed by atoms with van der Waals surface area (Å²) >= 11 is 1.70. The summed E-state index contributed by atoms with van der Waals surface area (Å²) in [6.45, 7) is 9.95. The molecule has 4 rings (SSSR count). The third kappa shape index (κ3) is 5.88. The lowest BCUT2D eigenvalue weighted by Crippen LogP contribution is -2.40. The number of carbonyl (C=O) groups is 1. The Hall–Kier alpha value is -1.80. The molecule has 30 heavy (non-hydrogen) atoms. The molecular formula is C23H32N4O2S. The highest BCUT2D eigenvalue weighted by Gasteiger charge is 2.25. The van der Waals surface area contributed by atoms with Gasteiger partial charge in [-0.3, -0.25) is 14.6 Å². The molecule has 7 heteroatoms. The van der Waals surface area contributed by atoms with Gasteiger partial charge in [0.15, 0.2) is 0 Å². The summed E-state index contributed by atoms with van der Waals surface area (Å²) in [6.07, 6.45) is 1.84. The van der Waals surface area contributed by atoms with Crippen LogP contribution < -0.4 is 5.32 Å². The minimum atomic E-state index is 0.116. The first-order chi connectivity index (χ1) is 14.7. The molecule has 2 aromatic rings. The second kappa shape index (κ2) is 10.5. The summed E-state index contributed by atoms with van der Waals surface area (Å²) in [4.78, 5) is 22.2. The summed E-state index contributed by atoms with van der Waals surface area (Å²) < 4.78 is 5.45. The predicted octanol–water partition coefficient (Wildman–Crippen LogP) is 2.81. The maximum atomic E-state index is 12.8. The van der Waals surface area contributed by atoms with Crippen molar-refractivity contribution in [1.29, 1.82) is 0 Å². The van der Waals surface area contributed by atoms with E-state index in [4.69, 9.17) is 4.74 Å². The molecule has 162 valence electrons. The van der Waals surface area contributed by atoms with E-state index in [0.29, 0.717) is 6.54 Å². The third-order valence-electron chi connectivity index (χ3n) is 6.08. The molecule has 0 saturated carbocycles. The van der Waals surface area contributed by atoms with Crippen LogP contribution in [0, 0.1) is 12.8 Å². The number of aromatic nitrogens is 1. The molecule has 3 heterocycles. The first kappa shape index (κ1) is 21.4. The number of likely N-dealkylation sites (tertiary alicyclic amines) is 1. The Morgan fingerprint density at radius 3 is 2.50 bits per heavy atom. The number of ether oxygens (including phenoxy) is 1. The van der Waals surface area contributed by atoms with Crippen LogP contribution >= 0.6 is 11.3 Å². The second-order valence-corrected chi connectivity index (χ2v) is 9.35. The van der Waals surface area contributed by atoms with E-state index >= 15 is 0 Å². The molecule has 0 aliphatic carbocycles. The molecule has 0 atom stereocenters. The molecule has 1 N–H and O–H groups in total. The van der Waals surface area contributed by atoms with E-state index in [-0.39, 0.29) is 11.8 Å². The molecule has 2 saturated heterocycles. The van der Waals surface area contributed by atoms with Gasteiger partial charge < -0.3 is 10.1 Å². The van der Waals surface area contributed by atoms with Gasteiger partial charge in [0.25, 0.3) is 0 Å². The average molecular weight is 429 g/mol. The largest absolute Gasteiger partial charge is 0.379 e. The molecule has 2 aliphatic rings. The van der Waals surface area contributed by atoms with Gasteiger partial charge in [0.2, 0.25) is 5.91 Å². The number of benzene rings is 1. The molecule has 0 bridgehead atoms. The van der Waals surface area contributed by atoms with Gasteiger partial charge in [-0.2, -0.15) is 0 Å². The lowest BCUT2D eigenvalue weighted by Gasteiger charge is -2.31. The van der Waals surface area contributed by atoms with Gasteiger partial charge in [-0.15, -0.1) is 11.3 Å². The minimum Gasteiger partial charge on any atom is -0.379 e. The first-order valence-corrected chi connectivity index (χ1v) is 11.8. The maximum Gasteiger partial charge on any atom is 0.223 e. The van der Waals surface area contributed by atoms with E-state index in [1.54, 1.807) is 11.3 Å². The quantitative estimate of drug-likeness (QED) is 0.735. The normalized spacial score (nSPS) is 19.1. The number of morpholine rings is 1. The van der Waals surface area contributed by atoms with Crippen molar-refractivity contribution in [2.45, 2.75) is 39.4 Å². The number of nitrogens with one attached hydrogen (secondary N) is 1. The highest BCUT2D eigenvalue weighted by atomic mass is 32.1. The van der Waals surface area contributed by atoms with E-state index in [1.807, 2.05) is 6.92 Å². The van der Waals surface area contributed by atoms with Crippen LogP contribution in [0.5, 0.6) is 0 Å². The lowest BCUT2D eigenvalue weighted by atomic mass is 9.95. The summed E-state index contributed by atoms with van der Waals surface area (Å²) in [5.41, 5.74) is 3.67. The fraction of sp³-hybridized carbons (Fsp3) is 0.565. The Bertz CT molecular complexity index is 826. The third-order valence-corrected chi connectivity index (χ3v) is 6.90. The van der Waals surface area contributed by atoms with Crippen LogP contribution in [0.3, 0.4) is 0 Å². The number of aryl methyl sites for hydroxylation is 1. The molecular weight excluding hydrogens is 396 g/mol. The summed E-state index contributed by atoms with van der Waals surface area (Å²) in [6, 6.07) is 8.45. The molecule has 0 spiro atoms. The number of nitrogens with zero attached hydrogens (tertiary/aromatic N) is 3. The Morgan fingerprint density at radius 2 is 1.80 bits per heavy atom. The topological polar surface area (TPSA) is 57.7 Å². The Morgan fingerprint density at radius 1 is 1.10 bits per heavy atom. The summed E-state index contributed by atoms with van der Waals surface area (Å²) in [7, 11) is 0. The average Bonchev–Trinajstić information content (AvgIpc) is 3.18. The van der Waals surface area contributed by atoms with Crippen molar-refractivity contribution in [3.05, 3.63) is 51.5 Å². The molecule has 2 aliphatic heterocycles. The number of carbonyl (C=O) groups excluding carboxylic acids is 1. The van der Waals surface area contributed by atoms with Crippen LogP contribution in [0.15, 0.2) is 29.6 Å². The van der Waals surface area contributed by atoms with Crippen LogP contribution in [-0.4, -0.2) is 60.1 Å². The highest BCUT2D eigenvalue weighted by molar-refractivity contribution is 7.09. The van der Waals surface area contributed by atoms with Crippen LogP contribution in [0.4, 0.5) is 0 Å². The van der Waals surface area contributed by atoms with Crippen LogP contribution in [0.2, 0.25) is 0 Å². The number of hydrogen-bond donors (Lipinski definition) is 1. The van der Waals surface area contributed by atoms with Gasteiger partial charge >= 0.3 is 0 Å². The fourth-order valence-corrected chi connectivity index (χ4v) is 4.88. The zero-order chi connectivity index (χ0) is 20.8. The van der Waals surface area contributed by atoms with Gasteiger partial charge in [-0.25, -0.2) is 4.98 Å². The number of hydrogen-bond acceptors (Lipinski definition) is 6. The summed E-state index contributed by atoms with van der Waals surface area (Å²) in [5, 5.41) is 6.46. The van der Waals surface area contributed by atoms with Gasteiger partial charge in [-0.1, -0.05) is 24.3 Å². The van der Waals surface area contributed by atoms with Crippen molar-refractivity contribution in [3.8, 4) is 0 Å². The molecule has 1 aromatic heterocycles. The maximum absolute atomic E-state index is 12.8. The number of piperidine rings is 1. The van der Waals surface area contributed by atoms with E-state index in [1.165, 1.54) is 11.1 Å². The molecule has 2 fully saturated rings. The Kier molecular flexibility index (Phi) is 7.49. The van der Waals surface area contributed by atoms with E-state index < -0.39 is 0 Å². The van der Waals surface area contributed by atoms with E-state index in [0.717, 1.165) is 76.0 Å². The van der Waals surface area contributed by atoms with Gasteiger partial charge in [0, 0.05) is 44.0 Å². The molecule has 1 amide bonds. The van der Waals surface area contributed by atoms with Crippen molar-refractivity contribution in [1.82, 2.24) is 20.1 Å². The predicted molar refractivity (Wildman–Crippen MR) is 119 cm³/mol. The lowest BCUT2D eigenvalue weighted by molar-refractivity contribution is -0.126. The number of amides is 1. The van der Waals surface area contributed by atoms with Crippen LogP contribution in [0.25, 0.3) is 0 Å². The monoisotopic (exact) mass is 428 g/mol. The van der Waals surface area contributed by atoms with E-state index in [2.05, 4.69) is 49.7 Å². The Balaban J connectivity index is 1.24. The van der Waals surface area contributed by atoms with Crippen molar-refractivity contribution in [3.63, 3.8) is 0 Å². The standard InChI is InChI=1S/C23H32N4O2S/c1-18-25-22(17-30-18)16-26-8-6-19(7-9-26)23(28)24-14-20-4-2-3-5-21(20)15-27-10-12-29-13-11-27/h2-5,17,19H,6-16H2,1H3,(H,24,28). The van der Waals surface area contributed by atoms with Crippen molar-refractivity contribution >= 4 is 17.2 Å². The molecule has 0 radical (unpaired) electrons. The summed E-state index contributed by atoms with van der Waals surface area (Å²) in [5.74, 6) is 0.310. The number of thiazole rings is 1. The van der Waals surface area contributed by atoms with Crippen molar-refractivity contribution in [2.24, 2.45) is 5.92 Å². The SMILES string of the molecule is Cc1nc(CN2CCC(C(=O)NCc3ccccc3CN3CCOCC3)CC2)cs1. The van der Waals surface area contributed by atoms with Gasteiger partial charge in [-0.05, 0) is 44.0 Å². The Labute approximate surface area is 183 Å². The van der Waals surface area contributed by atoms with E-state index in [9.17, 15) is 4.79 Å². The van der Waals surface area contributed by atoms with Crippen LogP contribution in [0.1, 0.15) is 34.7 Å². The number of rotatable bonds is 7.